The van der Waals surface area contributed by atoms with Crippen LogP contribution in [0.3, 0.4) is 0 Å². The predicted octanol–water partition coefficient (Wildman–Crippen LogP) is 2.11. The number of hydrogen-bond donors (Lipinski definition) is 3. The molecule has 1 aliphatic rings. The van der Waals surface area contributed by atoms with E-state index in [1.165, 1.54) is 12.8 Å². The fourth-order valence-corrected chi connectivity index (χ4v) is 2.70. The van der Waals surface area contributed by atoms with Gasteiger partial charge in [0.05, 0.1) is 16.9 Å². The number of nitrogens with one attached hydrogen (secondary N) is 1. The molecule has 4 N–H and O–H groups in total. The molecule has 0 amide bonds. The summed E-state index contributed by atoms with van der Waals surface area (Å²) >= 11 is 0. The van der Waals surface area contributed by atoms with Crippen LogP contribution in [0.4, 0.5) is 11.4 Å². The van der Waals surface area contributed by atoms with E-state index in [1.54, 1.807) is 18.2 Å². The van der Waals surface area contributed by atoms with Gasteiger partial charge in [-0.25, -0.2) is 4.79 Å². The average molecular weight is 277 g/mol. The van der Waals surface area contributed by atoms with E-state index in [4.69, 9.17) is 10.8 Å². The molecule has 0 radical (unpaired) electrons. The van der Waals surface area contributed by atoms with E-state index in [0.29, 0.717) is 11.4 Å². The molecule has 0 spiro atoms. The third-order valence-electron chi connectivity index (χ3n) is 4.02. The molecule has 110 valence electrons. The molecule has 0 atom stereocenters. The Labute approximate surface area is 119 Å². The van der Waals surface area contributed by atoms with Crippen molar-refractivity contribution in [3.05, 3.63) is 23.8 Å². The number of para-hydroxylation sites is 1. The molecule has 5 nitrogen and oxygen atoms in total. The van der Waals surface area contributed by atoms with Gasteiger partial charge in [0.2, 0.25) is 0 Å². The van der Waals surface area contributed by atoms with Gasteiger partial charge in [0.1, 0.15) is 0 Å². The molecule has 1 aliphatic heterocycles. The number of nitrogens with two attached hydrogens (primary N) is 1. The molecule has 1 fully saturated rings. The maximum absolute atomic E-state index is 11.2. The molecular weight excluding hydrogens is 254 g/mol. The molecular formula is C15H23N3O2. The van der Waals surface area contributed by atoms with Crippen LogP contribution >= 0.6 is 0 Å². The van der Waals surface area contributed by atoms with Gasteiger partial charge in [0, 0.05) is 6.54 Å². The van der Waals surface area contributed by atoms with E-state index < -0.39 is 5.97 Å². The van der Waals surface area contributed by atoms with Gasteiger partial charge >= 0.3 is 5.97 Å². The maximum Gasteiger partial charge on any atom is 0.337 e. The van der Waals surface area contributed by atoms with Gasteiger partial charge < -0.3 is 21.1 Å². The lowest BCUT2D eigenvalue weighted by atomic mass is 9.94. The van der Waals surface area contributed by atoms with Crippen molar-refractivity contribution in [2.45, 2.75) is 19.3 Å². The average Bonchev–Trinajstić information content (AvgIpc) is 2.42. The molecule has 1 aromatic carbocycles. The van der Waals surface area contributed by atoms with Crippen LogP contribution in [0, 0.1) is 5.92 Å². The minimum Gasteiger partial charge on any atom is -0.478 e. The van der Waals surface area contributed by atoms with Crippen molar-refractivity contribution in [2.24, 2.45) is 5.92 Å². The summed E-state index contributed by atoms with van der Waals surface area (Å²) in [5.41, 5.74) is 7.15. The van der Waals surface area contributed by atoms with Gasteiger partial charge in [-0.3, -0.25) is 0 Å². The molecule has 0 aromatic heterocycles. The highest BCUT2D eigenvalue weighted by molar-refractivity contribution is 5.97. The lowest BCUT2D eigenvalue weighted by molar-refractivity contribution is 0.0698. The highest BCUT2D eigenvalue weighted by Gasteiger charge is 2.17. The van der Waals surface area contributed by atoms with Crippen LogP contribution in [0.15, 0.2) is 18.2 Å². The maximum atomic E-state index is 11.2. The Morgan fingerprint density at radius 2 is 2.15 bits per heavy atom. The topological polar surface area (TPSA) is 78.6 Å². The zero-order chi connectivity index (χ0) is 14.5. The Kier molecular flexibility index (Phi) is 4.84. The van der Waals surface area contributed by atoms with E-state index in [2.05, 4.69) is 17.3 Å². The summed E-state index contributed by atoms with van der Waals surface area (Å²) in [7, 11) is 2.15. The number of hydrogen-bond acceptors (Lipinski definition) is 4. The lowest BCUT2D eigenvalue weighted by Gasteiger charge is -2.29. The van der Waals surface area contributed by atoms with Crippen LogP contribution in [-0.4, -0.2) is 42.7 Å². The third kappa shape index (κ3) is 3.63. The lowest BCUT2D eigenvalue weighted by Crippen LogP contribution is -2.31. The Hall–Kier alpha value is -1.75. The minimum absolute atomic E-state index is 0.244. The summed E-state index contributed by atoms with van der Waals surface area (Å²) in [6.07, 6.45) is 3.49. The summed E-state index contributed by atoms with van der Waals surface area (Å²) in [5, 5.41) is 12.4. The van der Waals surface area contributed by atoms with E-state index in [-0.39, 0.29) is 5.56 Å². The SMILES string of the molecule is CN1CCC(CCNc2c(N)cccc2C(=O)O)CC1. The summed E-state index contributed by atoms with van der Waals surface area (Å²) in [5.74, 6) is -0.226. The number of piperidine rings is 1. The normalized spacial score (nSPS) is 17.1. The quantitative estimate of drug-likeness (QED) is 0.718. The highest BCUT2D eigenvalue weighted by Crippen LogP contribution is 2.25. The van der Waals surface area contributed by atoms with E-state index in [1.807, 2.05) is 0 Å². The van der Waals surface area contributed by atoms with Crippen molar-refractivity contribution in [1.82, 2.24) is 4.90 Å². The molecule has 1 saturated heterocycles. The predicted molar refractivity (Wildman–Crippen MR) is 81.1 cm³/mol. The van der Waals surface area contributed by atoms with Gasteiger partial charge in [-0.1, -0.05) is 6.07 Å². The number of rotatable bonds is 5. The standard InChI is InChI=1S/C15H23N3O2/c1-18-9-6-11(7-10-18)5-8-17-14-12(15(19)20)3-2-4-13(14)16/h2-4,11,17H,5-10,16H2,1H3,(H,19,20). The monoisotopic (exact) mass is 277 g/mol. The van der Waals surface area contributed by atoms with Gasteiger partial charge in [-0.15, -0.1) is 0 Å². The molecule has 2 rings (SSSR count). The summed E-state index contributed by atoms with van der Waals surface area (Å²) in [6, 6.07) is 4.97. The second-order valence-electron chi connectivity index (χ2n) is 5.54. The number of carbonyl (C=O) groups is 1. The van der Waals surface area contributed by atoms with Gasteiger partial charge in [0.25, 0.3) is 0 Å². The second kappa shape index (κ2) is 6.61. The Morgan fingerprint density at radius 1 is 1.45 bits per heavy atom. The first-order valence-electron chi connectivity index (χ1n) is 7.12. The van der Waals surface area contributed by atoms with Crippen molar-refractivity contribution in [2.75, 3.05) is 37.7 Å². The fourth-order valence-electron chi connectivity index (χ4n) is 2.70. The van der Waals surface area contributed by atoms with Crippen LogP contribution in [0.2, 0.25) is 0 Å². The zero-order valence-electron chi connectivity index (χ0n) is 11.9. The van der Waals surface area contributed by atoms with E-state index >= 15 is 0 Å². The number of nitrogens with zero attached hydrogens (tertiary/aromatic N) is 1. The molecule has 0 aliphatic carbocycles. The first kappa shape index (κ1) is 14.7. The number of nitrogen functional groups attached to an aromatic ring is 1. The molecule has 20 heavy (non-hydrogen) atoms. The largest absolute Gasteiger partial charge is 0.478 e. The number of aromatic carboxylic acids is 1. The summed E-state index contributed by atoms with van der Waals surface area (Å²) in [4.78, 5) is 13.5. The molecule has 0 unspecified atom stereocenters. The van der Waals surface area contributed by atoms with Gasteiger partial charge in [-0.05, 0) is 57.5 Å². The second-order valence-corrected chi connectivity index (χ2v) is 5.54. The molecule has 0 bridgehead atoms. The van der Waals surface area contributed by atoms with Crippen LogP contribution in [-0.2, 0) is 0 Å². The smallest absolute Gasteiger partial charge is 0.337 e. The number of anilines is 2. The molecule has 1 aromatic rings. The van der Waals surface area contributed by atoms with E-state index in [0.717, 1.165) is 32.0 Å². The van der Waals surface area contributed by atoms with Crippen molar-refractivity contribution >= 4 is 17.3 Å². The minimum atomic E-state index is -0.945. The Morgan fingerprint density at radius 3 is 2.80 bits per heavy atom. The van der Waals surface area contributed by atoms with Gasteiger partial charge in [0.15, 0.2) is 0 Å². The summed E-state index contributed by atoms with van der Waals surface area (Å²) < 4.78 is 0. The fraction of sp³-hybridized carbons (Fsp3) is 0.533. The Balaban J connectivity index is 1.89. The number of carboxylic acid groups (broad SMARTS) is 1. The first-order valence-corrected chi connectivity index (χ1v) is 7.12. The first-order chi connectivity index (χ1) is 9.58. The number of carboxylic acids is 1. The molecule has 5 heteroatoms. The molecule has 0 saturated carbocycles. The van der Waals surface area contributed by atoms with Crippen molar-refractivity contribution in [3.63, 3.8) is 0 Å². The molecule has 1 heterocycles. The van der Waals surface area contributed by atoms with Crippen molar-refractivity contribution in [1.29, 1.82) is 0 Å². The van der Waals surface area contributed by atoms with Crippen LogP contribution < -0.4 is 11.1 Å². The van der Waals surface area contributed by atoms with Gasteiger partial charge in [-0.2, -0.15) is 0 Å². The zero-order valence-corrected chi connectivity index (χ0v) is 11.9. The number of likely N-dealkylation sites (tertiary alicyclic amines) is 1. The highest BCUT2D eigenvalue weighted by atomic mass is 16.4. The van der Waals surface area contributed by atoms with Crippen molar-refractivity contribution < 1.29 is 9.90 Å². The van der Waals surface area contributed by atoms with Crippen LogP contribution in [0.25, 0.3) is 0 Å². The number of benzene rings is 1. The summed E-state index contributed by atoms with van der Waals surface area (Å²) in [6.45, 7) is 3.07. The Bertz CT molecular complexity index is 468. The van der Waals surface area contributed by atoms with Crippen LogP contribution in [0.1, 0.15) is 29.6 Å². The third-order valence-corrected chi connectivity index (χ3v) is 4.02. The van der Waals surface area contributed by atoms with E-state index in [9.17, 15) is 4.79 Å². The van der Waals surface area contributed by atoms with Crippen LogP contribution in [0.5, 0.6) is 0 Å². The van der Waals surface area contributed by atoms with Crippen molar-refractivity contribution in [3.8, 4) is 0 Å².